The van der Waals surface area contributed by atoms with E-state index in [0.29, 0.717) is 24.1 Å². The van der Waals surface area contributed by atoms with Gasteiger partial charge in [-0.05, 0) is 31.0 Å². The Balaban J connectivity index is 1.99. The van der Waals surface area contributed by atoms with Crippen molar-refractivity contribution in [2.75, 3.05) is 13.7 Å². The highest BCUT2D eigenvalue weighted by molar-refractivity contribution is 6.09. The summed E-state index contributed by atoms with van der Waals surface area (Å²) in [4.78, 5) is 50.8. The molecule has 2 aliphatic rings. The maximum absolute atomic E-state index is 13.0. The summed E-state index contributed by atoms with van der Waals surface area (Å²) < 4.78 is 4.68. The molecule has 2 saturated heterocycles. The number of aliphatic carboxylic acids is 1. The van der Waals surface area contributed by atoms with Crippen LogP contribution in [0.3, 0.4) is 0 Å². The summed E-state index contributed by atoms with van der Waals surface area (Å²) in [6.45, 7) is 3.70. The average Bonchev–Trinajstić information content (AvgIpc) is 3.14. The lowest BCUT2D eigenvalue weighted by Crippen LogP contribution is -2.53. The van der Waals surface area contributed by atoms with Gasteiger partial charge < -0.3 is 9.84 Å². The third-order valence-corrected chi connectivity index (χ3v) is 5.75. The van der Waals surface area contributed by atoms with Gasteiger partial charge in [0.2, 0.25) is 11.8 Å². The molecule has 0 aromatic heterocycles. The second kappa shape index (κ2) is 7.35. The molecule has 0 radical (unpaired) electrons. The molecule has 2 aliphatic heterocycles. The molecule has 1 aromatic carbocycles. The minimum absolute atomic E-state index is 0.296. The maximum Gasteiger partial charge on any atom is 0.337 e. The summed E-state index contributed by atoms with van der Waals surface area (Å²) in [6, 6.07) is 5.79. The molecule has 28 heavy (non-hydrogen) atoms. The molecule has 4 atom stereocenters. The van der Waals surface area contributed by atoms with E-state index in [-0.39, 0.29) is 5.91 Å². The Bertz CT molecular complexity index is 820. The fourth-order valence-corrected chi connectivity index (χ4v) is 4.16. The van der Waals surface area contributed by atoms with E-state index in [1.807, 2.05) is 6.92 Å². The van der Waals surface area contributed by atoms with Gasteiger partial charge in [0.25, 0.3) is 0 Å². The van der Waals surface area contributed by atoms with Crippen molar-refractivity contribution >= 4 is 23.8 Å². The number of benzene rings is 1. The number of methoxy groups -OCH3 is 1. The first-order valence-corrected chi connectivity index (χ1v) is 9.30. The Morgan fingerprint density at radius 3 is 2.39 bits per heavy atom. The molecule has 0 spiro atoms. The molecule has 4 unspecified atom stereocenters. The summed E-state index contributed by atoms with van der Waals surface area (Å²) in [6.07, 6.45) is 1.49. The van der Waals surface area contributed by atoms with Crippen LogP contribution >= 0.6 is 0 Å². The monoisotopic (exact) mass is 388 g/mol. The third kappa shape index (κ3) is 2.97. The van der Waals surface area contributed by atoms with Gasteiger partial charge in [-0.25, -0.2) is 4.79 Å². The summed E-state index contributed by atoms with van der Waals surface area (Å²) in [7, 11) is 1.28. The molecule has 1 aromatic rings. The fraction of sp³-hybridized carbons (Fsp3) is 0.500. The van der Waals surface area contributed by atoms with Crippen molar-refractivity contribution in [1.82, 2.24) is 10.2 Å². The first-order valence-electron chi connectivity index (χ1n) is 9.30. The van der Waals surface area contributed by atoms with Crippen LogP contribution < -0.4 is 5.32 Å². The number of ether oxygens (including phenoxy) is 1. The van der Waals surface area contributed by atoms with Gasteiger partial charge in [-0.1, -0.05) is 25.5 Å². The number of fused-ring (bicyclic) bond motifs is 1. The average molecular weight is 388 g/mol. The predicted octanol–water partition coefficient (Wildman–Crippen LogP) is 1.36. The molecule has 150 valence electrons. The number of nitrogens with zero attached hydrogens (tertiary/aromatic N) is 1. The lowest BCUT2D eigenvalue weighted by molar-refractivity contribution is -0.150. The highest BCUT2D eigenvalue weighted by atomic mass is 16.5. The van der Waals surface area contributed by atoms with Crippen molar-refractivity contribution in [1.29, 1.82) is 0 Å². The van der Waals surface area contributed by atoms with E-state index in [4.69, 9.17) is 0 Å². The molecule has 2 amide bonds. The Hall–Kier alpha value is -2.74. The summed E-state index contributed by atoms with van der Waals surface area (Å²) in [5.74, 6) is -4.21. The minimum atomic E-state index is -1.55. The largest absolute Gasteiger partial charge is 0.480 e. The van der Waals surface area contributed by atoms with Crippen molar-refractivity contribution < 1.29 is 29.0 Å². The zero-order valence-electron chi connectivity index (χ0n) is 16.1. The van der Waals surface area contributed by atoms with E-state index >= 15 is 0 Å². The predicted molar refractivity (Wildman–Crippen MR) is 98.3 cm³/mol. The first kappa shape index (κ1) is 20.0. The van der Waals surface area contributed by atoms with E-state index in [1.165, 1.54) is 18.9 Å². The molecule has 8 heteroatoms. The molecule has 8 nitrogen and oxygen atoms in total. The van der Waals surface area contributed by atoms with Crippen LogP contribution in [0.25, 0.3) is 0 Å². The smallest absolute Gasteiger partial charge is 0.337 e. The molecule has 0 aliphatic carbocycles. The number of likely N-dealkylation sites (tertiary alicyclic amines) is 1. The summed E-state index contributed by atoms with van der Waals surface area (Å²) in [5, 5.41) is 12.8. The Morgan fingerprint density at radius 2 is 1.86 bits per heavy atom. The van der Waals surface area contributed by atoms with E-state index < -0.39 is 41.3 Å². The molecule has 3 rings (SSSR count). The third-order valence-electron chi connectivity index (χ3n) is 5.75. The summed E-state index contributed by atoms with van der Waals surface area (Å²) in [5.41, 5.74) is -0.560. The molecule has 0 saturated carbocycles. The number of carboxylic acids is 1. The lowest BCUT2D eigenvalue weighted by atomic mass is 9.80. The lowest BCUT2D eigenvalue weighted by Gasteiger charge is -2.27. The van der Waals surface area contributed by atoms with Crippen LogP contribution in [0.2, 0.25) is 0 Å². The number of unbranched alkanes of at least 4 members (excludes halogenated alkanes) is 1. The standard InChI is InChI=1S/C20H24N2O6/c1-4-5-10-22-16(23)13-14(17(22)24)20(2,19(26)27)21-15(13)11-6-8-12(9-7-11)18(25)28-3/h6-9,13-15,21H,4-5,10H2,1-3H3,(H,26,27). The van der Waals surface area contributed by atoms with Crippen molar-refractivity contribution in [2.45, 2.75) is 38.3 Å². The number of imide groups is 1. The van der Waals surface area contributed by atoms with E-state index in [9.17, 15) is 24.3 Å². The number of nitrogens with one attached hydrogen (secondary N) is 1. The van der Waals surface area contributed by atoms with Gasteiger partial charge in [-0.3, -0.25) is 24.6 Å². The fourth-order valence-electron chi connectivity index (χ4n) is 4.16. The van der Waals surface area contributed by atoms with Gasteiger partial charge >= 0.3 is 11.9 Å². The molecular formula is C20H24N2O6. The van der Waals surface area contributed by atoms with Crippen molar-refractivity contribution in [2.24, 2.45) is 11.8 Å². The molecule has 2 fully saturated rings. The number of hydrogen-bond acceptors (Lipinski definition) is 6. The molecular weight excluding hydrogens is 364 g/mol. The number of carboxylic acid groups (broad SMARTS) is 1. The van der Waals surface area contributed by atoms with Crippen molar-refractivity contribution in [3.8, 4) is 0 Å². The van der Waals surface area contributed by atoms with Gasteiger partial charge in [-0.15, -0.1) is 0 Å². The van der Waals surface area contributed by atoms with Gasteiger partial charge in [0.15, 0.2) is 0 Å². The molecule has 0 bridgehead atoms. The Morgan fingerprint density at radius 1 is 1.21 bits per heavy atom. The van der Waals surface area contributed by atoms with Gasteiger partial charge in [0.05, 0.1) is 24.5 Å². The van der Waals surface area contributed by atoms with Gasteiger partial charge in [0.1, 0.15) is 5.54 Å². The number of carbonyl (C=O) groups excluding carboxylic acids is 3. The SMILES string of the molecule is CCCCN1C(=O)C2C(c3ccc(C(=O)OC)cc3)NC(C)(C(=O)O)C2C1=O. The topological polar surface area (TPSA) is 113 Å². The van der Waals surface area contributed by atoms with Crippen LogP contribution in [0.5, 0.6) is 0 Å². The number of carbonyl (C=O) groups is 4. The Kier molecular flexibility index (Phi) is 5.25. The van der Waals surface area contributed by atoms with E-state index in [2.05, 4.69) is 10.1 Å². The second-order valence-electron chi connectivity index (χ2n) is 7.43. The Labute approximate surface area is 162 Å². The van der Waals surface area contributed by atoms with Crippen LogP contribution in [0.4, 0.5) is 0 Å². The number of rotatable bonds is 6. The number of esters is 1. The normalized spacial score (nSPS) is 29.1. The highest BCUT2D eigenvalue weighted by Gasteiger charge is 2.66. The van der Waals surface area contributed by atoms with Crippen LogP contribution in [0.15, 0.2) is 24.3 Å². The van der Waals surface area contributed by atoms with Crippen LogP contribution in [0.1, 0.15) is 48.7 Å². The molecule has 2 heterocycles. The van der Waals surface area contributed by atoms with Crippen LogP contribution in [0, 0.1) is 11.8 Å². The first-order chi connectivity index (χ1) is 13.3. The highest BCUT2D eigenvalue weighted by Crippen LogP contribution is 2.48. The molecule has 2 N–H and O–H groups in total. The zero-order valence-corrected chi connectivity index (χ0v) is 16.1. The minimum Gasteiger partial charge on any atom is -0.480 e. The van der Waals surface area contributed by atoms with Gasteiger partial charge in [0, 0.05) is 12.6 Å². The summed E-state index contributed by atoms with van der Waals surface area (Å²) >= 11 is 0. The van der Waals surface area contributed by atoms with E-state index in [1.54, 1.807) is 24.3 Å². The maximum atomic E-state index is 13.0. The number of hydrogen-bond donors (Lipinski definition) is 2. The quantitative estimate of drug-likeness (QED) is 0.559. The van der Waals surface area contributed by atoms with E-state index in [0.717, 1.165) is 6.42 Å². The second-order valence-corrected chi connectivity index (χ2v) is 7.43. The van der Waals surface area contributed by atoms with Crippen LogP contribution in [-0.4, -0.2) is 53.0 Å². The van der Waals surface area contributed by atoms with Crippen LogP contribution in [-0.2, 0) is 19.1 Å². The van der Waals surface area contributed by atoms with Gasteiger partial charge in [-0.2, -0.15) is 0 Å². The van der Waals surface area contributed by atoms with Crippen molar-refractivity contribution in [3.63, 3.8) is 0 Å². The van der Waals surface area contributed by atoms with Crippen molar-refractivity contribution in [3.05, 3.63) is 35.4 Å². The zero-order chi connectivity index (χ0) is 20.6. The number of amides is 2.